The second-order valence-electron chi connectivity index (χ2n) is 5.38. The van der Waals surface area contributed by atoms with Crippen LogP contribution >= 0.6 is 0 Å². The first kappa shape index (κ1) is 11.4. The van der Waals surface area contributed by atoms with Crippen LogP contribution in [-0.4, -0.2) is 23.0 Å². The molecule has 0 saturated carbocycles. The Balaban J connectivity index is 2.10. The maximum Gasteiger partial charge on any atom is 0.121 e. The minimum absolute atomic E-state index is 0.0194. The molecule has 1 aliphatic heterocycles. The molecule has 0 aliphatic carbocycles. The van der Waals surface area contributed by atoms with Gasteiger partial charge in [-0.1, -0.05) is 12.1 Å². The lowest BCUT2D eigenvalue weighted by Gasteiger charge is -2.26. The standard InChI is InChI=1S/C13H19NO2/c1-12(2)9-16-13(3,14-12)8-10-5-4-6-11(15)7-10/h4-7,14-15H,8-9H2,1-3H3. The third kappa shape index (κ3) is 2.54. The number of hydrogen-bond acceptors (Lipinski definition) is 3. The second-order valence-corrected chi connectivity index (χ2v) is 5.38. The van der Waals surface area contributed by atoms with Crippen molar-refractivity contribution in [3.05, 3.63) is 29.8 Å². The predicted octanol–water partition coefficient (Wildman–Crippen LogP) is 2.05. The molecule has 1 aliphatic rings. The molecule has 1 fully saturated rings. The van der Waals surface area contributed by atoms with E-state index in [1.165, 1.54) is 0 Å². The van der Waals surface area contributed by atoms with Crippen LogP contribution in [0, 0.1) is 0 Å². The zero-order valence-corrected chi connectivity index (χ0v) is 10.1. The van der Waals surface area contributed by atoms with Crippen molar-refractivity contribution in [1.82, 2.24) is 5.32 Å². The van der Waals surface area contributed by atoms with Crippen LogP contribution in [-0.2, 0) is 11.2 Å². The van der Waals surface area contributed by atoms with E-state index in [1.54, 1.807) is 12.1 Å². The molecule has 2 N–H and O–H groups in total. The van der Waals surface area contributed by atoms with Gasteiger partial charge in [0.05, 0.1) is 6.61 Å². The lowest BCUT2D eigenvalue weighted by atomic mass is 10.0. The highest BCUT2D eigenvalue weighted by molar-refractivity contribution is 5.28. The van der Waals surface area contributed by atoms with Gasteiger partial charge in [0.15, 0.2) is 0 Å². The number of rotatable bonds is 2. The molecule has 3 heteroatoms. The zero-order valence-electron chi connectivity index (χ0n) is 10.1. The van der Waals surface area contributed by atoms with Crippen LogP contribution in [0.3, 0.4) is 0 Å². The highest BCUT2D eigenvalue weighted by Crippen LogP contribution is 2.27. The van der Waals surface area contributed by atoms with E-state index in [9.17, 15) is 5.11 Å². The maximum atomic E-state index is 9.41. The van der Waals surface area contributed by atoms with Crippen molar-refractivity contribution in [3.8, 4) is 5.75 Å². The Bertz CT molecular complexity index is 389. The van der Waals surface area contributed by atoms with Crippen molar-refractivity contribution in [3.63, 3.8) is 0 Å². The molecule has 16 heavy (non-hydrogen) atoms. The van der Waals surface area contributed by atoms with Crippen molar-refractivity contribution in [2.75, 3.05) is 6.61 Å². The topological polar surface area (TPSA) is 41.5 Å². The summed E-state index contributed by atoms with van der Waals surface area (Å²) >= 11 is 0. The van der Waals surface area contributed by atoms with Gasteiger partial charge in [0.2, 0.25) is 0 Å². The third-order valence-corrected chi connectivity index (χ3v) is 2.81. The number of ether oxygens (including phenoxy) is 1. The van der Waals surface area contributed by atoms with Crippen LogP contribution in [0.2, 0.25) is 0 Å². The maximum absolute atomic E-state index is 9.41. The minimum Gasteiger partial charge on any atom is -0.508 e. The number of nitrogens with one attached hydrogen (secondary N) is 1. The Morgan fingerprint density at radius 1 is 1.38 bits per heavy atom. The van der Waals surface area contributed by atoms with Gasteiger partial charge in [-0.3, -0.25) is 5.32 Å². The molecule has 0 radical (unpaired) electrons. The molecule has 0 spiro atoms. The van der Waals surface area contributed by atoms with E-state index in [0.717, 1.165) is 12.0 Å². The number of aromatic hydroxyl groups is 1. The van der Waals surface area contributed by atoms with Gasteiger partial charge in [-0.05, 0) is 38.5 Å². The minimum atomic E-state index is -0.336. The fourth-order valence-corrected chi connectivity index (χ4v) is 2.28. The van der Waals surface area contributed by atoms with Crippen LogP contribution in [0.5, 0.6) is 5.75 Å². The summed E-state index contributed by atoms with van der Waals surface area (Å²) in [6.45, 7) is 7.01. The lowest BCUT2D eigenvalue weighted by molar-refractivity contribution is 0.00668. The van der Waals surface area contributed by atoms with E-state index in [4.69, 9.17) is 4.74 Å². The molecule has 1 atom stereocenters. The molecule has 2 rings (SSSR count). The summed E-state index contributed by atoms with van der Waals surface area (Å²) in [4.78, 5) is 0. The summed E-state index contributed by atoms with van der Waals surface area (Å²) in [5, 5.41) is 12.9. The molecule has 0 amide bonds. The Morgan fingerprint density at radius 3 is 2.69 bits per heavy atom. The Labute approximate surface area is 96.4 Å². The van der Waals surface area contributed by atoms with Crippen LogP contribution in [0.1, 0.15) is 26.3 Å². The van der Waals surface area contributed by atoms with Crippen LogP contribution < -0.4 is 5.32 Å². The van der Waals surface area contributed by atoms with Crippen molar-refractivity contribution in [2.45, 2.75) is 38.5 Å². The van der Waals surface area contributed by atoms with Gasteiger partial charge >= 0.3 is 0 Å². The molecule has 1 unspecified atom stereocenters. The monoisotopic (exact) mass is 221 g/mol. The van der Waals surface area contributed by atoms with Gasteiger partial charge in [-0.15, -0.1) is 0 Å². The highest BCUT2D eigenvalue weighted by Gasteiger charge is 2.39. The predicted molar refractivity (Wildman–Crippen MR) is 63.4 cm³/mol. The average molecular weight is 221 g/mol. The van der Waals surface area contributed by atoms with Gasteiger partial charge < -0.3 is 9.84 Å². The van der Waals surface area contributed by atoms with Crippen LogP contribution in [0.15, 0.2) is 24.3 Å². The zero-order chi connectivity index (χ0) is 11.8. The molecule has 1 aromatic carbocycles. The fourth-order valence-electron chi connectivity index (χ4n) is 2.28. The second kappa shape index (κ2) is 3.75. The van der Waals surface area contributed by atoms with Gasteiger partial charge in [-0.25, -0.2) is 0 Å². The number of benzene rings is 1. The van der Waals surface area contributed by atoms with Gasteiger partial charge in [0.1, 0.15) is 11.5 Å². The molecule has 0 bridgehead atoms. The van der Waals surface area contributed by atoms with Crippen molar-refractivity contribution in [2.24, 2.45) is 0 Å². The first-order chi connectivity index (χ1) is 7.39. The largest absolute Gasteiger partial charge is 0.508 e. The number of phenols is 1. The van der Waals surface area contributed by atoms with E-state index in [-0.39, 0.29) is 11.3 Å². The molecule has 0 aromatic heterocycles. The average Bonchev–Trinajstić information content (AvgIpc) is 2.40. The van der Waals surface area contributed by atoms with Crippen molar-refractivity contribution >= 4 is 0 Å². The number of hydrogen-bond donors (Lipinski definition) is 2. The molecule has 1 heterocycles. The van der Waals surface area contributed by atoms with Crippen LogP contribution in [0.25, 0.3) is 0 Å². The van der Waals surface area contributed by atoms with E-state index < -0.39 is 0 Å². The molecule has 1 saturated heterocycles. The normalized spacial score (nSPS) is 28.2. The molecule has 3 nitrogen and oxygen atoms in total. The van der Waals surface area contributed by atoms with E-state index in [1.807, 2.05) is 19.1 Å². The van der Waals surface area contributed by atoms with Crippen molar-refractivity contribution in [1.29, 1.82) is 0 Å². The molecule has 88 valence electrons. The Kier molecular flexibility index (Phi) is 2.68. The summed E-state index contributed by atoms with van der Waals surface area (Å²) in [6, 6.07) is 7.32. The smallest absolute Gasteiger partial charge is 0.121 e. The molecular weight excluding hydrogens is 202 g/mol. The van der Waals surface area contributed by atoms with E-state index >= 15 is 0 Å². The lowest BCUT2D eigenvalue weighted by Crippen LogP contribution is -2.47. The fraction of sp³-hybridized carbons (Fsp3) is 0.538. The SMILES string of the molecule is CC1(C)COC(C)(Cc2cccc(O)c2)N1. The Hall–Kier alpha value is -1.06. The van der Waals surface area contributed by atoms with E-state index in [0.29, 0.717) is 12.4 Å². The third-order valence-electron chi connectivity index (χ3n) is 2.81. The summed E-state index contributed by atoms with van der Waals surface area (Å²) in [6.07, 6.45) is 0.755. The first-order valence-electron chi connectivity index (χ1n) is 5.60. The van der Waals surface area contributed by atoms with Crippen LogP contribution in [0.4, 0.5) is 0 Å². The quantitative estimate of drug-likeness (QED) is 0.803. The summed E-state index contributed by atoms with van der Waals surface area (Å²) in [5.41, 5.74) is 0.760. The number of phenolic OH excluding ortho intramolecular Hbond substituents is 1. The highest BCUT2D eigenvalue weighted by atomic mass is 16.5. The van der Waals surface area contributed by atoms with Gasteiger partial charge in [0, 0.05) is 12.0 Å². The van der Waals surface area contributed by atoms with Crippen molar-refractivity contribution < 1.29 is 9.84 Å². The molecule has 1 aromatic rings. The summed E-state index contributed by atoms with van der Waals surface area (Å²) < 4.78 is 5.81. The van der Waals surface area contributed by atoms with E-state index in [2.05, 4.69) is 19.2 Å². The first-order valence-corrected chi connectivity index (χ1v) is 5.60. The summed E-state index contributed by atoms with van der Waals surface area (Å²) in [7, 11) is 0. The summed E-state index contributed by atoms with van der Waals surface area (Å²) in [5.74, 6) is 0.304. The van der Waals surface area contributed by atoms with Gasteiger partial charge in [0.25, 0.3) is 0 Å². The molecular formula is C13H19NO2. The Morgan fingerprint density at radius 2 is 2.12 bits per heavy atom. The van der Waals surface area contributed by atoms with Gasteiger partial charge in [-0.2, -0.15) is 0 Å².